The predicted octanol–water partition coefficient (Wildman–Crippen LogP) is -2.27. The van der Waals surface area contributed by atoms with Gasteiger partial charge in [0, 0.05) is 17.9 Å². The van der Waals surface area contributed by atoms with Gasteiger partial charge in [-0.15, -0.1) is 0 Å². The van der Waals surface area contributed by atoms with Crippen molar-refractivity contribution in [1.82, 2.24) is 0 Å². The highest BCUT2D eigenvalue weighted by Gasteiger charge is 2.43. The SMILES string of the molecule is CC(=O)c1cc(O)c(O)c(O)c1.CC1COC(OC2CC(CO)OC(O)C2O)C(O)C1O.O. The van der Waals surface area contributed by atoms with Crippen LogP contribution in [0.1, 0.15) is 30.6 Å². The van der Waals surface area contributed by atoms with E-state index < -0.39 is 60.3 Å². The van der Waals surface area contributed by atoms with Crippen LogP contribution in [0.3, 0.4) is 0 Å². The predicted molar refractivity (Wildman–Crippen MR) is 109 cm³/mol. The van der Waals surface area contributed by atoms with Gasteiger partial charge in [-0.3, -0.25) is 4.79 Å². The van der Waals surface area contributed by atoms with Gasteiger partial charge in [-0.25, -0.2) is 0 Å². The number of carbonyl (C=O) groups excluding carboxylic acids is 1. The summed E-state index contributed by atoms with van der Waals surface area (Å²) in [5.41, 5.74) is 0.155. The lowest BCUT2D eigenvalue weighted by atomic mass is 9.97. The van der Waals surface area contributed by atoms with Crippen molar-refractivity contribution in [1.29, 1.82) is 0 Å². The van der Waals surface area contributed by atoms with Crippen LogP contribution in [-0.2, 0) is 14.2 Å². The minimum absolute atomic E-state index is 0. The monoisotopic (exact) mass is 480 g/mol. The summed E-state index contributed by atoms with van der Waals surface area (Å²) in [6.45, 7) is 2.93. The zero-order valence-electron chi connectivity index (χ0n) is 18.1. The van der Waals surface area contributed by atoms with Gasteiger partial charge in [-0.2, -0.15) is 0 Å². The van der Waals surface area contributed by atoms with Crippen molar-refractivity contribution in [2.24, 2.45) is 5.92 Å². The molecule has 190 valence electrons. The average Bonchev–Trinajstić information content (AvgIpc) is 2.75. The Hall–Kier alpha value is -2.07. The zero-order chi connectivity index (χ0) is 24.2. The molecule has 0 aromatic heterocycles. The van der Waals surface area contributed by atoms with Crippen LogP contribution < -0.4 is 0 Å². The molecule has 1 aromatic carbocycles. The quantitative estimate of drug-likeness (QED) is 0.168. The smallest absolute Gasteiger partial charge is 0.200 e. The van der Waals surface area contributed by atoms with E-state index in [4.69, 9.17) is 34.6 Å². The molecule has 2 fully saturated rings. The van der Waals surface area contributed by atoms with Crippen LogP contribution in [0.5, 0.6) is 17.2 Å². The lowest BCUT2D eigenvalue weighted by Crippen LogP contribution is -2.56. The fraction of sp³-hybridized carbons (Fsp3) is 0.650. The average molecular weight is 480 g/mol. The van der Waals surface area contributed by atoms with Crippen molar-refractivity contribution >= 4 is 5.78 Å². The first-order valence-electron chi connectivity index (χ1n) is 9.97. The Morgan fingerprint density at radius 2 is 1.64 bits per heavy atom. The zero-order valence-corrected chi connectivity index (χ0v) is 18.1. The number of carbonyl (C=O) groups is 1. The maximum atomic E-state index is 10.8. The van der Waals surface area contributed by atoms with Crippen LogP contribution in [0, 0.1) is 5.92 Å². The van der Waals surface area contributed by atoms with Crippen molar-refractivity contribution in [3.8, 4) is 17.2 Å². The minimum Gasteiger partial charge on any atom is -0.504 e. The lowest BCUT2D eigenvalue weighted by molar-refractivity contribution is -0.317. The summed E-state index contributed by atoms with van der Waals surface area (Å²) < 4.78 is 15.7. The number of phenols is 3. The molecule has 2 saturated heterocycles. The summed E-state index contributed by atoms with van der Waals surface area (Å²) >= 11 is 0. The standard InChI is InChI=1S/C12H22O8.C8H8O4.H2O/c1-5-4-18-12(10(16)8(5)14)20-7-2-6(3-13)19-11(17)9(7)15;1-4(9)5-2-6(10)8(12)7(11)3-5;/h5-17H,2-4H2,1H3;2-3,10-12H,1H3;1H2. The molecule has 8 atom stereocenters. The molecule has 2 aliphatic heterocycles. The number of rotatable bonds is 4. The van der Waals surface area contributed by atoms with E-state index in [2.05, 4.69) is 0 Å². The normalized spacial score (nSPS) is 33.9. The molecule has 3 rings (SSSR count). The summed E-state index contributed by atoms with van der Waals surface area (Å²) in [6, 6.07) is 2.19. The van der Waals surface area contributed by atoms with Gasteiger partial charge in [0.2, 0.25) is 0 Å². The molecule has 0 saturated carbocycles. The summed E-state index contributed by atoms with van der Waals surface area (Å²) in [6.07, 6.45) is -7.49. The van der Waals surface area contributed by atoms with E-state index in [9.17, 15) is 25.2 Å². The molecule has 33 heavy (non-hydrogen) atoms. The maximum absolute atomic E-state index is 10.8. The van der Waals surface area contributed by atoms with Gasteiger partial charge < -0.3 is 60.5 Å². The number of hydrogen-bond acceptors (Lipinski definition) is 12. The second-order valence-corrected chi connectivity index (χ2v) is 7.81. The largest absolute Gasteiger partial charge is 0.504 e. The van der Waals surface area contributed by atoms with Crippen LogP contribution >= 0.6 is 0 Å². The molecule has 0 bridgehead atoms. The Kier molecular flexibility index (Phi) is 10.9. The molecule has 0 radical (unpaired) electrons. The Morgan fingerprint density at radius 3 is 2.15 bits per heavy atom. The van der Waals surface area contributed by atoms with Gasteiger partial charge in [0.25, 0.3) is 0 Å². The molecule has 2 heterocycles. The second-order valence-electron chi connectivity index (χ2n) is 7.81. The highest BCUT2D eigenvalue weighted by molar-refractivity contribution is 5.95. The summed E-state index contributed by atoms with van der Waals surface area (Å²) in [4.78, 5) is 10.8. The van der Waals surface area contributed by atoms with Gasteiger partial charge in [-0.05, 0) is 19.1 Å². The molecule has 1 aromatic rings. The van der Waals surface area contributed by atoms with E-state index >= 15 is 0 Å². The highest BCUT2D eigenvalue weighted by Crippen LogP contribution is 2.35. The maximum Gasteiger partial charge on any atom is 0.200 e. The Balaban J connectivity index is 0.000000361. The van der Waals surface area contributed by atoms with Crippen LogP contribution in [0.4, 0.5) is 0 Å². The van der Waals surface area contributed by atoms with Gasteiger partial charge in [0.15, 0.2) is 35.6 Å². The Morgan fingerprint density at radius 1 is 1.06 bits per heavy atom. The van der Waals surface area contributed by atoms with Crippen LogP contribution in [0.25, 0.3) is 0 Å². The second kappa shape index (κ2) is 12.4. The van der Waals surface area contributed by atoms with Crippen molar-refractivity contribution in [3.63, 3.8) is 0 Å². The lowest BCUT2D eigenvalue weighted by Gasteiger charge is -2.41. The Bertz CT molecular complexity index is 749. The summed E-state index contributed by atoms with van der Waals surface area (Å²) in [7, 11) is 0. The topological polar surface area (TPSA) is 238 Å². The molecule has 10 N–H and O–H groups in total. The molecule has 2 aliphatic rings. The molecule has 13 heteroatoms. The van der Waals surface area contributed by atoms with Crippen molar-refractivity contribution in [3.05, 3.63) is 17.7 Å². The third kappa shape index (κ3) is 7.20. The van der Waals surface area contributed by atoms with Crippen LogP contribution in [-0.4, -0.2) is 108 Å². The van der Waals surface area contributed by atoms with Gasteiger partial charge in [0.05, 0.1) is 31.5 Å². The van der Waals surface area contributed by atoms with Crippen molar-refractivity contribution in [2.75, 3.05) is 13.2 Å². The molecular formula is C20H32O13. The molecule has 0 aliphatic carbocycles. The number of aliphatic hydroxyl groups is 5. The number of aromatic hydroxyl groups is 3. The molecule has 0 amide bonds. The van der Waals surface area contributed by atoms with E-state index in [1.165, 1.54) is 6.92 Å². The fourth-order valence-electron chi connectivity index (χ4n) is 3.21. The number of phenolic OH excluding ortho intramolecular Hbond substituents is 3. The summed E-state index contributed by atoms with van der Waals surface area (Å²) in [5, 5.41) is 74.9. The highest BCUT2D eigenvalue weighted by atomic mass is 16.7. The van der Waals surface area contributed by atoms with E-state index in [1.54, 1.807) is 6.92 Å². The number of ketones is 1. The third-order valence-corrected chi connectivity index (χ3v) is 5.22. The fourth-order valence-corrected chi connectivity index (χ4v) is 3.21. The molecule has 8 unspecified atom stereocenters. The number of benzene rings is 1. The van der Waals surface area contributed by atoms with E-state index in [0.29, 0.717) is 0 Å². The van der Waals surface area contributed by atoms with Crippen molar-refractivity contribution in [2.45, 2.75) is 63.4 Å². The first kappa shape index (κ1) is 29.0. The molecule has 0 spiro atoms. The van der Waals surface area contributed by atoms with Crippen LogP contribution in [0.2, 0.25) is 0 Å². The van der Waals surface area contributed by atoms with E-state index in [1.807, 2.05) is 0 Å². The minimum atomic E-state index is -1.48. The van der Waals surface area contributed by atoms with Gasteiger partial charge >= 0.3 is 0 Å². The number of aliphatic hydroxyl groups excluding tert-OH is 5. The van der Waals surface area contributed by atoms with Crippen molar-refractivity contribution < 1.29 is 65.3 Å². The number of ether oxygens (including phenoxy) is 3. The molecule has 13 nitrogen and oxygen atoms in total. The molecular weight excluding hydrogens is 448 g/mol. The third-order valence-electron chi connectivity index (χ3n) is 5.22. The first-order chi connectivity index (χ1) is 15.0. The van der Waals surface area contributed by atoms with E-state index in [-0.39, 0.29) is 42.4 Å². The number of hydrogen-bond donors (Lipinski definition) is 8. The van der Waals surface area contributed by atoms with Gasteiger partial charge in [0.1, 0.15) is 12.2 Å². The van der Waals surface area contributed by atoms with E-state index in [0.717, 1.165) is 12.1 Å². The number of Topliss-reactive ketones (excluding diaryl/α,β-unsaturated/α-hetero) is 1. The summed E-state index contributed by atoms with van der Waals surface area (Å²) in [5.74, 6) is -2.12. The van der Waals surface area contributed by atoms with Gasteiger partial charge in [-0.1, -0.05) is 6.92 Å². The van der Waals surface area contributed by atoms with Crippen LogP contribution in [0.15, 0.2) is 12.1 Å². The first-order valence-corrected chi connectivity index (χ1v) is 9.97. The Labute approximate surface area is 189 Å².